The van der Waals surface area contributed by atoms with E-state index in [0.29, 0.717) is 11.4 Å². The number of nitrogens with one attached hydrogen (secondary N) is 1. The van der Waals surface area contributed by atoms with Gasteiger partial charge in [0.05, 0.1) is 9.82 Å². The van der Waals surface area contributed by atoms with E-state index in [1.165, 1.54) is 30.3 Å². The summed E-state index contributed by atoms with van der Waals surface area (Å²) in [5.74, 6) is 0. The summed E-state index contributed by atoms with van der Waals surface area (Å²) in [6.45, 7) is 0. The normalized spacial score (nSPS) is 11.1. The maximum Gasteiger partial charge on any atom is 0.292 e. The molecule has 0 saturated heterocycles. The van der Waals surface area contributed by atoms with Crippen LogP contribution in [0.15, 0.2) is 53.4 Å². The predicted octanol–water partition coefficient (Wildman–Crippen LogP) is 1.99. The smallest absolute Gasteiger partial charge is 0.292 e. The molecule has 0 fully saturated rings. The Bertz CT molecular complexity index is 742. The summed E-state index contributed by atoms with van der Waals surface area (Å²) >= 11 is 0. The number of nitrogens with two attached hydrogens (primary N) is 1. The van der Waals surface area contributed by atoms with Crippen molar-refractivity contribution in [1.29, 1.82) is 0 Å². The van der Waals surface area contributed by atoms with Crippen LogP contribution in [0, 0.1) is 10.1 Å². The summed E-state index contributed by atoms with van der Waals surface area (Å²) in [7, 11) is -3.75. The highest BCUT2D eigenvalue weighted by Crippen LogP contribution is 2.27. The number of hydrogen-bond donors (Lipinski definition) is 2. The fraction of sp³-hybridized carbons (Fsp3) is 0. The van der Waals surface area contributed by atoms with Gasteiger partial charge in [-0.3, -0.25) is 10.1 Å². The van der Waals surface area contributed by atoms with Crippen molar-refractivity contribution in [2.45, 2.75) is 4.90 Å². The van der Waals surface area contributed by atoms with Crippen LogP contribution in [0.5, 0.6) is 0 Å². The van der Waals surface area contributed by atoms with E-state index >= 15 is 0 Å². The number of anilines is 2. The van der Waals surface area contributed by atoms with Gasteiger partial charge in [0.2, 0.25) is 10.0 Å². The van der Waals surface area contributed by atoms with E-state index in [-0.39, 0.29) is 10.6 Å². The quantitative estimate of drug-likeness (QED) is 0.660. The summed E-state index contributed by atoms with van der Waals surface area (Å²) in [4.78, 5) is 10.3. The molecule has 0 amide bonds. The van der Waals surface area contributed by atoms with Crippen molar-refractivity contribution < 1.29 is 13.3 Å². The molecule has 2 aromatic carbocycles. The number of primary sulfonamides is 1. The minimum atomic E-state index is -3.75. The average molecular weight is 293 g/mol. The number of sulfonamides is 1. The molecule has 20 heavy (non-hydrogen) atoms. The lowest BCUT2D eigenvalue weighted by Crippen LogP contribution is -2.11. The first kappa shape index (κ1) is 14.0. The average Bonchev–Trinajstić information content (AvgIpc) is 2.38. The number of para-hydroxylation sites is 2. The van der Waals surface area contributed by atoms with Gasteiger partial charge >= 0.3 is 0 Å². The fourth-order valence-corrected chi connectivity index (χ4v) is 2.14. The molecular formula is C12H11N3O4S. The Balaban J connectivity index is 2.30. The number of hydrogen-bond acceptors (Lipinski definition) is 5. The van der Waals surface area contributed by atoms with Gasteiger partial charge in [-0.1, -0.05) is 12.1 Å². The van der Waals surface area contributed by atoms with E-state index in [1.54, 1.807) is 18.2 Å². The van der Waals surface area contributed by atoms with Crippen molar-refractivity contribution >= 4 is 27.1 Å². The topological polar surface area (TPSA) is 115 Å². The SMILES string of the molecule is NS(=O)(=O)c1ccc(Nc2ccccc2[N+](=O)[O-])cc1. The molecule has 0 spiro atoms. The highest BCUT2D eigenvalue weighted by molar-refractivity contribution is 7.89. The van der Waals surface area contributed by atoms with Crippen molar-refractivity contribution in [2.24, 2.45) is 5.14 Å². The van der Waals surface area contributed by atoms with Crippen molar-refractivity contribution in [3.63, 3.8) is 0 Å². The first-order valence-corrected chi connectivity index (χ1v) is 7.06. The van der Waals surface area contributed by atoms with E-state index < -0.39 is 14.9 Å². The zero-order valence-electron chi connectivity index (χ0n) is 10.2. The molecule has 3 N–H and O–H groups in total. The van der Waals surface area contributed by atoms with Gasteiger partial charge in [0.1, 0.15) is 5.69 Å². The third-order valence-corrected chi connectivity index (χ3v) is 3.49. The Kier molecular flexibility index (Phi) is 3.68. The van der Waals surface area contributed by atoms with Gasteiger partial charge in [0.25, 0.3) is 5.69 Å². The highest BCUT2D eigenvalue weighted by Gasteiger charge is 2.12. The number of nitrogens with zero attached hydrogens (tertiary/aromatic N) is 1. The van der Waals surface area contributed by atoms with Crippen LogP contribution in [-0.2, 0) is 10.0 Å². The van der Waals surface area contributed by atoms with Crippen LogP contribution >= 0.6 is 0 Å². The third-order valence-electron chi connectivity index (χ3n) is 2.56. The second kappa shape index (κ2) is 5.27. The summed E-state index contributed by atoms with van der Waals surface area (Å²) in [5, 5.41) is 18.7. The second-order valence-corrected chi connectivity index (χ2v) is 5.53. The molecule has 7 nitrogen and oxygen atoms in total. The molecule has 0 aliphatic carbocycles. The molecule has 0 heterocycles. The largest absolute Gasteiger partial charge is 0.350 e. The van der Waals surface area contributed by atoms with Crippen LogP contribution in [0.25, 0.3) is 0 Å². The Labute approximate surface area is 115 Å². The van der Waals surface area contributed by atoms with Crippen LogP contribution in [0.2, 0.25) is 0 Å². The molecule has 2 rings (SSSR count). The van der Waals surface area contributed by atoms with Gasteiger partial charge in [-0.25, -0.2) is 13.6 Å². The van der Waals surface area contributed by atoms with Gasteiger partial charge in [-0.2, -0.15) is 0 Å². The number of benzene rings is 2. The van der Waals surface area contributed by atoms with Crippen molar-refractivity contribution in [1.82, 2.24) is 0 Å². The lowest BCUT2D eigenvalue weighted by atomic mass is 10.2. The van der Waals surface area contributed by atoms with Crippen LogP contribution < -0.4 is 10.5 Å². The molecule has 0 aromatic heterocycles. The molecular weight excluding hydrogens is 282 g/mol. The zero-order chi connectivity index (χ0) is 14.8. The first-order chi connectivity index (χ1) is 9.38. The van der Waals surface area contributed by atoms with Crippen LogP contribution in [0.1, 0.15) is 0 Å². The fourth-order valence-electron chi connectivity index (χ4n) is 1.62. The number of nitro groups is 1. The summed E-state index contributed by atoms with van der Waals surface area (Å²) < 4.78 is 22.2. The Morgan fingerprint density at radius 1 is 1.05 bits per heavy atom. The second-order valence-electron chi connectivity index (χ2n) is 3.97. The molecule has 8 heteroatoms. The Morgan fingerprint density at radius 2 is 1.65 bits per heavy atom. The number of nitro benzene ring substituents is 1. The third kappa shape index (κ3) is 3.11. The van der Waals surface area contributed by atoms with Gasteiger partial charge in [-0.15, -0.1) is 0 Å². The summed E-state index contributed by atoms with van der Waals surface area (Å²) in [6, 6.07) is 11.8. The van der Waals surface area contributed by atoms with Gasteiger partial charge in [0, 0.05) is 11.8 Å². The number of rotatable bonds is 4. The molecule has 0 bridgehead atoms. The molecule has 2 aromatic rings. The monoisotopic (exact) mass is 293 g/mol. The molecule has 0 radical (unpaired) electrons. The van der Waals surface area contributed by atoms with E-state index in [2.05, 4.69) is 5.32 Å². The molecule has 0 unspecified atom stereocenters. The van der Waals surface area contributed by atoms with Crippen LogP contribution in [-0.4, -0.2) is 13.3 Å². The van der Waals surface area contributed by atoms with E-state index in [1.807, 2.05) is 0 Å². The molecule has 104 valence electrons. The first-order valence-electron chi connectivity index (χ1n) is 5.51. The Hall–Kier alpha value is -2.45. The van der Waals surface area contributed by atoms with E-state index in [9.17, 15) is 18.5 Å². The lowest BCUT2D eigenvalue weighted by molar-refractivity contribution is -0.383. The molecule has 0 atom stereocenters. The van der Waals surface area contributed by atoms with Crippen molar-refractivity contribution in [2.75, 3.05) is 5.32 Å². The Morgan fingerprint density at radius 3 is 2.20 bits per heavy atom. The van der Waals surface area contributed by atoms with Gasteiger partial charge in [-0.05, 0) is 30.3 Å². The van der Waals surface area contributed by atoms with Crippen molar-refractivity contribution in [3.8, 4) is 0 Å². The van der Waals surface area contributed by atoms with Crippen molar-refractivity contribution in [3.05, 3.63) is 58.6 Å². The van der Waals surface area contributed by atoms with Crippen LogP contribution in [0.3, 0.4) is 0 Å². The summed E-state index contributed by atoms with van der Waals surface area (Å²) in [6.07, 6.45) is 0. The minimum absolute atomic E-state index is 0.0226. The maximum atomic E-state index is 11.1. The maximum absolute atomic E-state index is 11.1. The minimum Gasteiger partial charge on any atom is -0.350 e. The highest BCUT2D eigenvalue weighted by atomic mass is 32.2. The standard InChI is InChI=1S/C12H11N3O4S/c13-20(18,19)10-7-5-9(6-8-10)14-11-3-1-2-4-12(11)15(16)17/h1-8,14H,(H2,13,18,19). The molecule has 0 aliphatic rings. The van der Waals surface area contributed by atoms with Gasteiger partial charge in [0.15, 0.2) is 0 Å². The molecule has 0 aliphatic heterocycles. The lowest BCUT2D eigenvalue weighted by Gasteiger charge is -2.07. The van der Waals surface area contributed by atoms with Gasteiger partial charge < -0.3 is 5.32 Å². The molecule has 0 saturated carbocycles. The van der Waals surface area contributed by atoms with E-state index in [4.69, 9.17) is 5.14 Å². The van der Waals surface area contributed by atoms with Crippen LogP contribution in [0.4, 0.5) is 17.1 Å². The predicted molar refractivity (Wildman–Crippen MR) is 74.2 cm³/mol. The summed E-state index contributed by atoms with van der Waals surface area (Å²) in [5.41, 5.74) is 0.774. The zero-order valence-corrected chi connectivity index (χ0v) is 11.0. The van der Waals surface area contributed by atoms with E-state index in [0.717, 1.165) is 0 Å².